The number of amides is 2. The lowest BCUT2D eigenvalue weighted by atomic mass is 10.0. The van der Waals surface area contributed by atoms with Gasteiger partial charge in [-0.3, -0.25) is 14.4 Å². The Morgan fingerprint density at radius 2 is 1.62 bits per heavy atom. The molecule has 0 rings (SSSR count). The zero-order chi connectivity index (χ0) is 18.5. The van der Waals surface area contributed by atoms with Crippen LogP contribution in [0.1, 0.15) is 59.8 Å². The van der Waals surface area contributed by atoms with Gasteiger partial charge in [0.1, 0.15) is 0 Å². The van der Waals surface area contributed by atoms with E-state index in [2.05, 4.69) is 17.6 Å². The van der Waals surface area contributed by atoms with Gasteiger partial charge >= 0.3 is 5.97 Å². The molecule has 24 heavy (non-hydrogen) atoms. The van der Waals surface area contributed by atoms with Crippen LogP contribution in [0.25, 0.3) is 0 Å². The van der Waals surface area contributed by atoms with Gasteiger partial charge in [-0.25, -0.2) is 0 Å². The molecule has 3 unspecified atom stereocenters. The van der Waals surface area contributed by atoms with Crippen LogP contribution in [-0.4, -0.2) is 46.5 Å². The van der Waals surface area contributed by atoms with Crippen LogP contribution in [0.15, 0.2) is 0 Å². The standard InChI is InChI=1S/C17H32N2O4S/c1-5-24-9-7-6-8-15(20)18-14(4)11-16(21)19-13(3)10-12(2)17(22)23/h12-14H,5-11H2,1-4H3,(H,18,20)(H,19,21)(H,22,23). The van der Waals surface area contributed by atoms with Crippen molar-refractivity contribution in [3.05, 3.63) is 0 Å². The summed E-state index contributed by atoms with van der Waals surface area (Å²) in [4.78, 5) is 34.5. The molecule has 0 aromatic carbocycles. The average Bonchev–Trinajstić information content (AvgIpc) is 2.45. The number of hydrogen-bond donors (Lipinski definition) is 3. The zero-order valence-electron chi connectivity index (χ0n) is 15.3. The lowest BCUT2D eigenvalue weighted by molar-refractivity contribution is -0.141. The first-order valence-electron chi connectivity index (χ1n) is 8.65. The number of carbonyl (C=O) groups is 3. The van der Waals surface area contributed by atoms with Crippen molar-refractivity contribution in [3.63, 3.8) is 0 Å². The lowest BCUT2D eigenvalue weighted by Crippen LogP contribution is -2.40. The molecule has 0 radical (unpaired) electrons. The van der Waals surface area contributed by atoms with E-state index in [0.29, 0.717) is 12.8 Å². The Morgan fingerprint density at radius 1 is 1.00 bits per heavy atom. The third-order valence-electron chi connectivity index (χ3n) is 3.58. The van der Waals surface area contributed by atoms with Gasteiger partial charge in [-0.05, 0) is 44.6 Å². The van der Waals surface area contributed by atoms with Crippen molar-refractivity contribution in [2.24, 2.45) is 5.92 Å². The molecule has 3 atom stereocenters. The quantitative estimate of drug-likeness (QED) is 0.438. The highest BCUT2D eigenvalue weighted by molar-refractivity contribution is 7.99. The minimum Gasteiger partial charge on any atom is -0.481 e. The molecule has 0 bridgehead atoms. The summed E-state index contributed by atoms with van der Waals surface area (Å²) in [7, 11) is 0. The Labute approximate surface area is 149 Å². The van der Waals surface area contributed by atoms with Gasteiger partial charge in [0.25, 0.3) is 0 Å². The van der Waals surface area contributed by atoms with Crippen LogP contribution in [0.2, 0.25) is 0 Å². The second-order valence-corrected chi connectivity index (χ2v) is 7.66. The number of carboxylic acid groups (broad SMARTS) is 1. The maximum Gasteiger partial charge on any atom is 0.306 e. The van der Waals surface area contributed by atoms with Crippen molar-refractivity contribution in [1.29, 1.82) is 0 Å². The predicted molar refractivity (Wildman–Crippen MR) is 98.1 cm³/mol. The van der Waals surface area contributed by atoms with Crippen molar-refractivity contribution in [2.75, 3.05) is 11.5 Å². The van der Waals surface area contributed by atoms with Crippen LogP contribution >= 0.6 is 11.8 Å². The van der Waals surface area contributed by atoms with E-state index >= 15 is 0 Å². The summed E-state index contributed by atoms with van der Waals surface area (Å²) in [6.07, 6.45) is 2.96. The number of aliphatic carboxylic acids is 1. The van der Waals surface area contributed by atoms with Gasteiger partial charge < -0.3 is 15.7 Å². The van der Waals surface area contributed by atoms with E-state index in [1.165, 1.54) is 0 Å². The molecule has 0 aliphatic rings. The smallest absolute Gasteiger partial charge is 0.306 e. The number of thioether (sulfide) groups is 1. The number of carbonyl (C=O) groups excluding carboxylic acids is 2. The van der Waals surface area contributed by atoms with Crippen molar-refractivity contribution >= 4 is 29.5 Å². The Bertz CT molecular complexity index is 404. The van der Waals surface area contributed by atoms with Crippen LogP contribution in [0.3, 0.4) is 0 Å². The van der Waals surface area contributed by atoms with E-state index < -0.39 is 11.9 Å². The van der Waals surface area contributed by atoms with Crippen LogP contribution < -0.4 is 10.6 Å². The first-order chi connectivity index (χ1) is 11.3. The molecule has 0 aromatic heterocycles. The third-order valence-corrected chi connectivity index (χ3v) is 4.57. The van der Waals surface area contributed by atoms with Crippen molar-refractivity contribution < 1.29 is 19.5 Å². The largest absolute Gasteiger partial charge is 0.481 e. The molecule has 0 fully saturated rings. The Hall–Kier alpha value is -1.24. The van der Waals surface area contributed by atoms with E-state index in [4.69, 9.17) is 5.11 Å². The molecule has 0 aliphatic carbocycles. The SMILES string of the molecule is CCSCCCCC(=O)NC(C)CC(=O)NC(C)CC(C)C(=O)O. The number of unbranched alkanes of at least 4 members (excludes halogenated alkanes) is 1. The van der Waals surface area contributed by atoms with E-state index in [1.807, 2.05) is 11.8 Å². The summed E-state index contributed by atoms with van der Waals surface area (Å²) in [5.41, 5.74) is 0. The van der Waals surface area contributed by atoms with Gasteiger partial charge in [0.15, 0.2) is 0 Å². The molecule has 7 heteroatoms. The van der Waals surface area contributed by atoms with Gasteiger partial charge in [-0.15, -0.1) is 0 Å². The van der Waals surface area contributed by atoms with Gasteiger partial charge in [-0.1, -0.05) is 13.8 Å². The highest BCUT2D eigenvalue weighted by Gasteiger charge is 2.18. The summed E-state index contributed by atoms with van der Waals surface area (Å²) >= 11 is 1.87. The molecule has 0 aromatic rings. The van der Waals surface area contributed by atoms with Crippen LogP contribution in [0.4, 0.5) is 0 Å². The van der Waals surface area contributed by atoms with Gasteiger partial charge in [0.2, 0.25) is 11.8 Å². The molecule has 6 nitrogen and oxygen atoms in total. The molecule has 2 amide bonds. The fraction of sp³-hybridized carbons (Fsp3) is 0.824. The van der Waals surface area contributed by atoms with Crippen molar-refractivity contribution in [2.45, 2.75) is 71.9 Å². The van der Waals surface area contributed by atoms with Crippen LogP contribution in [-0.2, 0) is 14.4 Å². The second kappa shape index (κ2) is 13.1. The Balaban J connectivity index is 3.92. The highest BCUT2D eigenvalue weighted by Crippen LogP contribution is 2.07. The lowest BCUT2D eigenvalue weighted by Gasteiger charge is -2.18. The van der Waals surface area contributed by atoms with Gasteiger partial charge in [0.05, 0.1) is 5.92 Å². The fourth-order valence-corrected chi connectivity index (χ4v) is 3.03. The average molecular weight is 361 g/mol. The molecule has 0 heterocycles. The van der Waals surface area contributed by atoms with E-state index in [1.54, 1.807) is 20.8 Å². The minimum absolute atomic E-state index is 0.0238. The summed E-state index contributed by atoms with van der Waals surface area (Å²) in [6, 6.07) is -0.436. The summed E-state index contributed by atoms with van der Waals surface area (Å²) in [5, 5.41) is 14.5. The maximum atomic E-state index is 11.9. The number of nitrogens with one attached hydrogen (secondary N) is 2. The molecule has 0 saturated carbocycles. The van der Waals surface area contributed by atoms with Crippen LogP contribution in [0, 0.1) is 5.92 Å². The Morgan fingerprint density at radius 3 is 2.21 bits per heavy atom. The number of rotatable bonds is 13. The molecule has 0 spiro atoms. The normalized spacial score (nSPS) is 14.5. The molecular weight excluding hydrogens is 328 g/mol. The van der Waals surface area contributed by atoms with Gasteiger partial charge in [0, 0.05) is 24.9 Å². The predicted octanol–water partition coefficient (Wildman–Crippen LogP) is 2.42. The summed E-state index contributed by atoms with van der Waals surface area (Å²) in [6.45, 7) is 7.32. The number of carboxylic acids is 1. The molecular formula is C17H32N2O4S. The molecule has 140 valence electrons. The first-order valence-corrected chi connectivity index (χ1v) is 9.81. The topological polar surface area (TPSA) is 95.5 Å². The fourth-order valence-electron chi connectivity index (χ4n) is 2.33. The van der Waals surface area contributed by atoms with Crippen molar-refractivity contribution in [1.82, 2.24) is 10.6 Å². The highest BCUT2D eigenvalue weighted by atomic mass is 32.2. The zero-order valence-corrected chi connectivity index (χ0v) is 16.1. The number of hydrogen-bond acceptors (Lipinski definition) is 4. The molecule has 0 aliphatic heterocycles. The Kier molecular flexibility index (Phi) is 12.4. The summed E-state index contributed by atoms with van der Waals surface area (Å²) in [5.74, 6) is 0.616. The van der Waals surface area contributed by atoms with E-state index in [-0.39, 0.29) is 30.3 Å². The van der Waals surface area contributed by atoms with E-state index in [9.17, 15) is 14.4 Å². The van der Waals surface area contributed by atoms with Gasteiger partial charge in [-0.2, -0.15) is 11.8 Å². The van der Waals surface area contributed by atoms with E-state index in [0.717, 1.165) is 24.3 Å². The van der Waals surface area contributed by atoms with Crippen molar-refractivity contribution in [3.8, 4) is 0 Å². The molecule has 3 N–H and O–H groups in total. The minimum atomic E-state index is -0.867. The monoisotopic (exact) mass is 360 g/mol. The first kappa shape index (κ1) is 22.8. The maximum absolute atomic E-state index is 11.9. The molecule has 0 saturated heterocycles. The van der Waals surface area contributed by atoms with Crippen LogP contribution in [0.5, 0.6) is 0 Å². The summed E-state index contributed by atoms with van der Waals surface area (Å²) < 4.78 is 0. The second-order valence-electron chi connectivity index (χ2n) is 6.27. The third kappa shape index (κ3) is 12.2.